The predicted molar refractivity (Wildman–Crippen MR) is 103 cm³/mol. The Kier molecular flexibility index (Phi) is 5.30. The summed E-state index contributed by atoms with van der Waals surface area (Å²) in [5, 5.41) is 7.61. The molecule has 6 heteroatoms. The monoisotopic (exact) mass is 356 g/mol. The van der Waals surface area contributed by atoms with Crippen molar-refractivity contribution in [3.05, 3.63) is 30.1 Å². The molecule has 0 radical (unpaired) electrons. The van der Waals surface area contributed by atoms with Gasteiger partial charge in [-0.2, -0.15) is 0 Å². The lowest BCUT2D eigenvalue weighted by Gasteiger charge is -2.31. The molecule has 1 amide bonds. The Balaban J connectivity index is 1.56. The number of ether oxygens (including phenoxy) is 1. The van der Waals surface area contributed by atoms with Crippen molar-refractivity contribution in [3.63, 3.8) is 0 Å². The molecule has 6 nitrogen and oxygen atoms in total. The Morgan fingerprint density at radius 2 is 1.81 bits per heavy atom. The van der Waals surface area contributed by atoms with E-state index in [1.807, 2.05) is 26.8 Å². The molecule has 1 aromatic carbocycles. The van der Waals surface area contributed by atoms with Crippen molar-refractivity contribution in [2.75, 3.05) is 5.32 Å². The van der Waals surface area contributed by atoms with Gasteiger partial charge in [0.15, 0.2) is 0 Å². The predicted octanol–water partition coefficient (Wildman–Crippen LogP) is 4.19. The Bertz CT molecular complexity index is 777. The van der Waals surface area contributed by atoms with Gasteiger partial charge in [-0.1, -0.05) is 11.6 Å². The maximum absolute atomic E-state index is 11.9. The van der Waals surface area contributed by atoms with E-state index in [0.717, 1.165) is 42.4 Å². The molecule has 2 aromatic rings. The maximum Gasteiger partial charge on any atom is 0.407 e. The summed E-state index contributed by atoms with van der Waals surface area (Å²) < 4.78 is 5.34. The number of nitrogens with one attached hydrogen (secondary N) is 2. The molecule has 1 fully saturated rings. The molecule has 0 aliphatic heterocycles. The molecule has 1 aromatic heterocycles. The number of alkyl carbamates (subject to hydrolysis) is 1. The van der Waals surface area contributed by atoms with Gasteiger partial charge in [0, 0.05) is 17.5 Å². The minimum atomic E-state index is -0.463. The largest absolute Gasteiger partial charge is 0.444 e. The van der Waals surface area contributed by atoms with E-state index >= 15 is 0 Å². The number of benzene rings is 1. The second-order valence-corrected chi connectivity index (χ2v) is 8.08. The molecule has 26 heavy (non-hydrogen) atoms. The zero-order valence-corrected chi connectivity index (χ0v) is 16.0. The first-order chi connectivity index (χ1) is 12.3. The number of nitrogens with zero attached hydrogens (tertiary/aromatic N) is 2. The number of hydrogen-bond acceptors (Lipinski definition) is 5. The molecule has 1 aliphatic carbocycles. The van der Waals surface area contributed by atoms with Crippen LogP contribution in [0.5, 0.6) is 0 Å². The molecule has 1 aliphatic rings. The van der Waals surface area contributed by atoms with E-state index in [4.69, 9.17) is 4.74 Å². The van der Waals surface area contributed by atoms with Crippen LogP contribution in [0.2, 0.25) is 0 Å². The van der Waals surface area contributed by atoms with Crippen molar-refractivity contribution < 1.29 is 9.53 Å². The summed E-state index contributed by atoms with van der Waals surface area (Å²) in [6.07, 6.45) is 5.11. The summed E-state index contributed by atoms with van der Waals surface area (Å²) >= 11 is 0. The second kappa shape index (κ2) is 7.48. The fourth-order valence-electron chi connectivity index (χ4n) is 3.34. The molecule has 2 N–H and O–H groups in total. The number of hydrogen-bond donors (Lipinski definition) is 2. The smallest absolute Gasteiger partial charge is 0.407 e. The van der Waals surface area contributed by atoms with Crippen LogP contribution >= 0.6 is 0 Å². The average molecular weight is 356 g/mol. The summed E-state index contributed by atoms with van der Waals surface area (Å²) in [7, 11) is 0. The molecule has 0 atom stereocenters. The highest BCUT2D eigenvalue weighted by atomic mass is 16.6. The third-order valence-electron chi connectivity index (χ3n) is 4.58. The van der Waals surface area contributed by atoms with Gasteiger partial charge in [-0.15, -0.1) is 0 Å². The van der Waals surface area contributed by atoms with E-state index in [2.05, 4.69) is 39.7 Å². The number of carbonyl (C=O) groups is 1. The van der Waals surface area contributed by atoms with E-state index in [9.17, 15) is 4.79 Å². The fourth-order valence-corrected chi connectivity index (χ4v) is 3.34. The molecular formula is C20H28N4O2. The van der Waals surface area contributed by atoms with Crippen LogP contribution in [0.15, 0.2) is 24.5 Å². The first-order valence-corrected chi connectivity index (χ1v) is 9.27. The van der Waals surface area contributed by atoms with Gasteiger partial charge in [0.1, 0.15) is 17.7 Å². The van der Waals surface area contributed by atoms with Crippen LogP contribution in [0, 0.1) is 6.92 Å². The van der Waals surface area contributed by atoms with Crippen LogP contribution in [0.4, 0.5) is 10.6 Å². The summed E-state index contributed by atoms with van der Waals surface area (Å²) in [4.78, 5) is 20.7. The van der Waals surface area contributed by atoms with Gasteiger partial charge in [-0.05, 0) is 65.5 Å². The lowest BCUT2D eigenvalue weighted by Crippen LogP contribution is -2.42. The number of amides is 1. The van der Waals surface area contributed by atoms with Crippen molar-refractivity contribution in [1.82, 2.24) is 15.3 Å². The number of aryl methyl sites for hydroxylation is 1. The number of carbonyl (C=O) groups excluding carboxylic acids is 1. The minimum Gasteiger partial charge on any atom is -0.444 e. The average Bonchev–Trinajstić information content (AvgIpc) is 2.55. The van der Waals surface area contributed by atoms with E-state index in [0.29, 0.717) is 6.04 Å². The summed E-state index contributed by atoms with van der Waals surface area (Å²) in [5.74, 6) is 0.891. The minimum absolute atomic E-state index is 0.173. The maximum atomic E-state index is 11.9. The molecule has 0 bridgehead atoms. The molecule has 1 saturated carbocycles. The van der Waals surface area contributed by atoms with Crippen molar-refractivity contribution >= 4 is 22.8 Å². The first kappa shape index (κ1) is 18.4. The zero-order valence-electron chi connectivity index (χ0n) is 16.0. The molecular weight excluding hydrogens is 328 g/mol. The highest BCUT2D eigenvalue weighted by Gasteiger charge is 2.25. The highest BCUT2D eigenvalue weighted by Crippen LogP contribution is 2.26. The molecule has 140 valence electrons. The molecule has 1 heterocycles. The Morgan fingerprint density at radius 3 is 2.50 bits per heavy atom. The van der Waals surface area contributed by atoms with Gasteiger partial charge < -0.3 is 15.4 Å². The fraction of sp³-hybridized carbons (Fsp3) is 0.550. The number of anilines is 1. The first-order valence-electron chi connectivity index (χ1n) is 9.27. The Labute approximate surface area is 154 Å². The van der Waals surface area contributed by atoms with Crippen LogP contribution < -0.4 is 10.6 Å². The summed E-state index contributed by atoms with van der Waals surface area (Å²) in [6.45, 7) is 7.70. The van der Waals surface area contributed by atoms with Gasteiger partial charge in [0.2, 0.25) is 0 Å². The molecule has 0 spiro atoms. The Morgan fingerprint density at radius 1 is 1.12 bits per heavy atom. The third-order valence-corrected chi connectivity index (χ3v) is 4.58. The van der Waals surface area contributed by atoms with Gasteiger partial charge in [-0.25, -0.2) is 14.8 Å². The van der Waals surface area contributed by atoms with E-state index in [1.54, 1.807) is 6.33 Å². The van der Waals surface area contributed by atoms with Crippen molar-refractivity contribution in [1.29, 1.82) is 0 Å². The molecule has 0 unspecified atom stereocenters. The normalized spacial score (nSPS) is 20.6. The second-order valence-electron chi connectivity index (χ2n) is 8.08. The number of rotatable bonds is 3. The van der Waals surface area contributed by atoms with Gasteiger partial charge in [0.25, 0.3) is 0 Å². The topological polar surface area (TPSA) is 76.1 Å². The number of fused-ring (bicyclic) bond motifs is 1. The van der Waals surface area contributed by atoms with Gasteiger partial charge in [0.05, 0.1) is 5.52 Å². The zero-order chi connectivity index (χ0) is 18.7. The lowest BCUT2D eigenvalue weighted by molar-refractivity contribution is 0.0492. The van der Waals surface area contributed by atoms with Gasteiger partial charge in [-0.3, -0.25) is 0 Å². The van der Waals surface area contributed by atoms with Crippen LogP contribution in [-0.4, -0.2) is 33.7 Å². The highest BCUT2D eigenvalue weighted by molar-refractivity contribution is 5.89. The summed E-state index contributed by atoms with van der Waals surface area (Å²) in [5.41, 5.74) is 1.68. The quantitative estimate of drug-likeness (QED) is 0.862. The third kappa shape index (κ3) is 4.84. The SMILES string of the molecule is Cc1ccc2ncnc(NC3CCC(NC(=O)OC(C)(C)C)CC3)c2c1. The van der Waals surface area contributed by atoms with Crippen molar-refractivity contribution in [3.8, 4) is 0 Å². The standard InChI is InChI=1S/C20H28N4O2/c1-13-5-10-17-16(11-13)18(22-12-21-17)23-14-6-8-15(9-7-14)24-19(25)26-20(2,3)4/h5,10-12,14-15H,6-9H2,1-4H3,(H,24,25)(H,21,22,23). The van der Waals surface area contributed by atoms with Crippen molar-refractivity contribution in [2.24, 2.45) is 0 Å². The van der Waals surface area contributed by atoms with E-state index < -0.39 is 5.60 Å². The van der Waals surface area contributed by atoms with Crippen LogP contribution in [-0.2, 0) is 4.74 Å². The summed E-state index contributed by atoms with van der Waals surface area (Å²) in [6, 6.07) is 6.73. The number of aromatic nitrogens is 2. The van der Waals surface area contributed by atoms with Crippen LogP contribution in [0.3, 0.4) is 0 Å². The van der Waals surface area contributed by atoms with Crippen LogP contribution in [0.1, 0.15) is 52.0 Å². The molecule has 3 rings (SSSR count). The lowest BCUT2D eigenvalue weighted by atomic mass is 9.91. The molecule has 0 saturated heterocycles. The Hall–Kier alpha value is -2.37. The van der Waals surface area contributed by atoms with E-state index in [1.165, 1.54) is 5.56 Å². The van der Waals surface area contributed by atoms with Gasteiger partial charge >= 0.3 is 6.09 Å². The van der Waals surface area contributed by atoms with Crippen molar-refractivity contribution in [2.45, 2.75) is 71.1 Å². The van der Waals surface area contributed by atoms with E-state index in [-0.39, 0.29) is 12.1 Å². The van der Waals surface area contributed by atoms with Crippen LogP contribution in [0.25, 0.3) is 10.9 Å².